The van der Waals surface area contributed by atoms with Gasteiger partial charge in [-0.2, -0.15) is 0 Å². The third-order valence-electron chi connectivity index (χ3n) is 4.55. The summed E-state index contributed by atoms with van der Waals surface area (Å²) in [7, 11) is 4.10. The van der Waals surface area contributed by atoms with Crippen LogP contribution in [0.1, 0.15) is 30.5 Å². The highest BCUT2D eigenvalue weighted by molar-refractivity contribution is 5.85. The minimum absolute atomic E-state index is 0. The quantitative estimate of drug-likeness (QED) is 0.549. The van der Waals surface area contributed by atoms with E-state index >= 15 is 0 Å². The number of nitrogens with zero attached hydrogens (tertiary/aromatic N) is 1. The van der Waals surface area contributed by atoms with Crippen molar-refractivity contribution < 1.29 is 9.53 Å². The van der Waals surface area contributed by atoms with Crippen molar-refractivity contribution in [3.8, 4) is 5.75 Å². The molecule has 1 amide bonds. The van der Waals surface area contributed by atoms with Crippen LogP contribution in [-0.4, -0.2) is 38.1 Å². The van der Waals surface area contributed by atoms with Crippen LogP contribution in [0.2, 0.25) is 0 Å². The topological polar surface area (TPSA) is 67.6 Å². The average molecular weight is 442 g/mol. The van der Waals surface area contributed by atoms with E-state index in [-0.39, 0.29) is 42.7 Å². The van der Waals surface area contributed by atoms with Crippen molar-refractivity contribution in [2.75, 3.05) is 27.2 Å². The van der Waals surface area contributed by atoms with Gasteiger partial charge in [-0.05, 0) is 43.8 Å². The minimum atomic E-state index is -0.316. The van der Waals surface area contributed by atoms with Crippen molar-refractivity contribution in [1.82, 2.24) is 10.2 Å². The van der Waals surface area contributed by atoms with Gasteiger partial charge in [0.25, 0.3) is 0 Å². The summed E-state index contributed by atoms with van der Waals surface area (Å²) in [4.78, 5) is 14.5. The van der Waals surface area contributed by atoms with Crippen LogP contribution in [0.3, 0.4) is 0 Å². The van der Waals surface area contributed by atoms with Crippen LogP contribution in [0.4, 0.5) is 0 Å². The smallest absolute Gasteiger partial charge is 0.225 e. The molecule has 7 heteroatoms. The Balaban J connectivity index is 0.00000392. The molecular weight excluding hydrogens is 409 g/mol. The molecule has 3 N–H and O–H groups in total. The van der Waals surface area contributed by atoms with E-state index in [1.165, 1.54) is 0 Å². The van der Waals surface area contributed by atoms with Gasteiger partial charge in [0.15, 0.2) is 0 Å². The molecule has 0 aliphatic rings. The number of benzene rings is 2. The maximum atomic E-state index is 12.4. The molecule has 0 heterocycles. The minimum Gasteiger partial charge on any atom is -0.494 e. The van der Waals surface area contributed by atoms with E-state index in [0.717, 1.165) is 29.8 Å². The van der Waals surface area contributed by atoms with Crippen molar-refractivity contribution in [2.45, 2.75) is 25.9 Å². The van der Waals surface area contributed by atoms with Gasteiger partial charge in [-0.1, -0.05) is 49.4 Å². The van der Waals surface area contributed by atoms with E-state index in [9.17, 15) is 4.79 Å². The molecule has 0 aliphatic carbocycles. The molecule has 29 heavy (non-hydrogen) atoms. The molecule has 0 bridgehead atoms. The Morgan fingerprint density at radius 1 is 1.07 bits per heavy atom. The summed E-state index contributed by atoms with van der Waals surface area (Å²) in [6.07, 6.45) is 0.990. The highest BCUT2D eigenvalue weighted by Gasteiger charge is 2.21. The number of hydrogen-bond donors (Lipinski definition) is 2. The Morgan fingerprint density at radius 3 is 2.28 bits per heavy atom. The van der Waals surface area contributed by atoms with Crippen LogP contribution in [0, 0.1) is 5.92 Å². The van der Waals surface area contributed by atoms with Gasteiger partial charge in [0.05, 0.1) is 12.5 Å². The first kappa shape index (κ1) is 27.2. The van der Waals surface area contributed by atoms with Crippen LogP contribution in [-0.2, 0) is 11.3 Å². The third-order valence-corrected chi connectivity index (χ3v) is 4.55. The molecule has 0 aliphatic heterocycles. The molecule has 2 rings (SSSR count). The second-order valence-corrected chi connectivity index (χ2v) is 7.09. The fourth-order valence-electron chi connectivity index (χ4n) is 2.75. The molecule has 0 radical (unpaired) electrons. The van der Waals surface area contributed by atoms with Crippen molar-refractivity contribution >= 4 is 30.7 Å². The fourth-order valence-corrected chi connectivity index (χ4v) is 2.75. The molecule has 0 fully saturated rings. The number of carbonyl (C=O) groups excluding carboxylic acids is 1. The largest absolute Gasteiger partial charge is 0.494 e. The summed E-state index contributed by atoms with van der Waals surface area (Å²) in [5.74, 6) is 0.505. The van der Waals surface area contributed by atoms with Gasteiger partial charge >= 0.3 is 0 Å². The molecule has 2 aromatic carbocycles. The Bertz CT molecular complexity index is 697. The lowest BCUT2D eigenvalue weighted by atomic mass is 9.94. The Kier molecular flexibility index (Phi) is 13.4. The monoisotopic (exact) mass is 441 g/mol. The highest BCUT2D eigenvalue weighted by atomic mass is 35.5. The van der Waals surface area contributed by atoms with Gasteiger partial charge in [-0.15, -0.1) is 24.8 Å². The standard InChI is InChI=1S/C22H31N3O2.2ClH/c1-17(21(23)19-8-5-4-6-9-19)22(26)24-16-18-10-12-20(13-11-18)27-15-7-14-25(2)3;;/h4-6,8-13,17,21H,7,14-16,23H2,1-3H3,(H,24,26);2*1H. The first-order chi connectivity index (χ1) is 13.0. The van der Waals surface area contributed by atoms with E-state index in [4.69, 9.17) is 10.5 Å². The summed E-state index contributed by atoms with van der Waals surface area (Å²) < 4.78 is 5.73. The van der Waals surface area contributed by atoms with Crippen LogP contribution < -0.4 is 15.8 Å². The number of halogens is 2. The van der Waals surface area contributed by atoms with Gasteiger partial charge < -0.3 is 20.7 Å². The van der Waals surface area contributed by atoms with Crippen molar-refractivity contribution in [3.63, 3.8) is 0 Å². The van der Waals surface area contributed by atoms with Crippen LogP contribution in [0.5, 0.6) is 5.75 Å². The lowest BCUT2D eigenvalue weighted by Gasteiger charge is -2.20. The van der Waals surface area contributed by atoms with Gasteiger partial charge in [-0.3, -0.25) is 4.79 Å². The van der Waals surface area contributed by atoms with Gasteiger partial charge in [0.2, 0.25) is 5.91 Å². The normalized spacial score (nSPS) is 12.3. The Labute approximate surface area is 186 Å². The van der Waals surface area contributed by atoms with Crippen molar-refractivity contribution in [3.05, 3.63) is 65.7 Å². The second-order valence-electron chi connectivity index (χ2n) is 7.09. The van der Waals surface area contributed by atoms with E-state index in [0.29, 0.717) is 13.2 Å². The number of ether oxygens (including phenoxy) is 1. The summed E-state index contributed by atoms with van der Waals surface area (Å²) in [5.41, 5.74) is 8.22. The Morgan fingerprint density at radius 2 is 1.69 bits per heavy atom. The molecule has 0 saturated heterocycles. The molecule has 0 spiro atoms. The van der Waals surface area contributed by atoms with Crippen molar-refractivity contribution in [2.24, 2.45) is 11.7 Å². The lowest BCUT2D eigenvalue weighted by Crippen LogP contribution is -2.35. The number of hydrogen-bond acceptors (Lipinski definition) is 4. The first-order valence-electron chi connectivity index (χ1n) is 9.42. The molecule has 0 aromatic heterocycles. The van der Waals surface area contributed by atoms with E-state index in [2.05, 4.69) is 24.3 Å². The zero-order valence-corrected chi connectivity index (χ0v) is 19.0. The van der Waals surface area contributed by atoms with Crippen LogP contribution in [0.25, 0.3) is 0 Å². The molecule has 162 valence electrons. The number of rotatable bonds is 10. The number of nitrogens with one attached hydrogen (secondary N) is 1. The Hall–Kier alpha value is -1.79. The first-order valence-corrected chi connectivity index (χ1v) is 9.42. The second kappa shape index (κ2) is 14.2. The number of carbonyl (C=O) groups is 1. The summed E-state index contributed by atoms with van der Waals surface area (Å²) in [6, 6.07) is 17.2. The highest BCUT2D eigenvalue weighted by Crippen LogP contribution is 2.19. The average Bonchev–Trinajstić information content (AvgIpc) is 2.69. The zero-order valence-electron chi connectivity index (χ0n) is 17.3. The predicted molar refractivity (Wildman–Crippen MR) is 124 cm³/mol. The molecule has 2 atom stereocenters. The maximum absolute atomic E-state index is 12.4. The molecular formula is C22H33Cl2N3O2. The number of nitrogens with two attached hydrogens (primary N) is 1. The fraction of sp³-hybridized carbons (Fsp3) is 0.409. The van der Waals surface area contributed by atoms with Gasteiger partial charge in [-0.25, -0.2) is 0 Å². The maximum Gasteiger partial charge on any atom is 0.225 e. The van der Waals surface area contributed by atoms with Gasteiger partial charge in [0.1, 0.15) is 5.75 Å². The third kappa shape index (κ3) is 9.50. The molecule has 2 unspecified atom stereocenters. The lowest BCUT2D eigenvalue weighted by molar-refractivity contribution is -0.125. The molecule has 0 saturated carbocycles. The van der Waals surface area contributed by atoms with Crippen LogP contribution >= 0.6 is 24.8 Å². The SMILES string of the molecule is CC(C(=O)NCc1ccc(OCCCN(C)C)cc1)C(N)c1ccccc1.Cl.Cl. The summed E-state index contributed by atoms with van der Waals surface area (Å²) in [5, 5.41) is 2.97. The summed E-state index contributed by atoms with van der Waals surface area (Å²) in [6.45, 7) is 4.04. The molecule has 2 aromatic rings. The zero-order chi connectivity index (χ0) is 19.6. The van der Waals surface area contributed by atoms with E-state index in [1.807, 2.05) is 61.5 Å². The molecule has 5 nitrogen and oxygen atoms in total. The van der Waals surface area contributed by atoms with Crippen molar-refractivity contribution in [1.29, 1.82) is 0 Å². The predicted octanol–water partition coefficient (Wildman–Crippen LogP) is 3.81. The van der Waals surface area contributed by atoms with E-state index < -0.39 is 0 Å². The van der Waals surface area contributed by atoms with Gasteiger partial charge in [0, 0.05) is 19.1 Å². The van der Waals surface area contributed by atoms with E-state index in [1.54, 1.807) is 0 Å². The van der Waals surface area contributed by atoms with Crippen LogP contribution in [0.15, 0.2) is 54.6 Å². The number of amides is 1. The summed E-state index contributed by atoms with van der Waals surface area (Å²) >= 11 is 0.